The normalized spacial score (nSPS) is 20.5. The van der Waals surface area contributed by atoms with Crippen molar-refractivity contribution in [1.82, 2.24) is 5.32 Å². The van der Waals surface area contributed by atoms with Crippen LogP contribution in [0.5, 0.6) is 10.8 Å². The maximum absolute atomic E-state index is 12.5. The van der Waals surface area contributed by atoms with Crippen LogP contribution < -0.4 is 14.8 Å². The second kappa shape index (κ2) is 7.89. The number of benzene rings is 1. The molecule has 1 aromatic heterocycles. The monoisotopic (exact) mass is 429 g/mol. The third-order valence-electron chi connectivity index (χ3n) is 6.67. The standard InChI is InChI=1S/C24H31NO4S/c1-13-9-16(10-14(2)21(13)28-8-6-7-26)12-25-23(27)29-22-17-11-18-20(24(18,4)5)19(17)15(3)30-22/h9-10,18,20,26H,6-8,11-12H2,1-5H3,(H,25,27)/t18-,20-/m1/s1. The van der Waals surface area contributed by atoms with Gasteiger partial charge in [0, 0.05) is 30.0 Å². The van der Waals surface area contributed by atoms with Crippen molar-refractivity contribution in [2.24, 2.45) is 11.3 Å². The molecule has 5 nitrogen and oxygen atoms in total. The molecule has 1 heterocycles. The number of carbonyl (C=O) groups is 1. The van der Waals surface area contributed by atoms with Crippen LogP contribution >= 0.6 is 11.3 Å². The number of aliphatic hydroxyl groups is 1. The van der Waals surface area contributed by atoms with E-state index in [1.807, 2.05) is 26.0 Å². The molecule has 2 N–H and O–H groups in total. The Kier molecular flexibility index (Phi) is 5.58. The van der Waals surface area contributed by atoms with Gasteiger partial charge >= 0.3 is 6.09 Å². The summed E-state index contributed by atoms with van der Waals surface area (Å²) in [6.07, 6.45) is 1.23. The molecule has 0 spiro atoms. The van der Waals surface area contributed by atoms with Gasteiger partial charge in [0.05, 0.1) is 6.61 Å². The lowest BCUT2D eigenvalue weighted by Gasteiger charge is -2.14. The first-order valence-electron chi connectivity index (χ1n) is 10.7. The van der Waals surface area contributed by atoms with Gasteiger partial charge < -0.3 is 19.9 Å². The summed E-state index contributed by atoms with van der Waals surface area (Å²) in [5.41, 5.74) is 6.12. The highest BCUT2D eigenvalue weighted by molar-refractivity contribution is 7.14. The van der Waals surface area contributed by atoms with Crippen molar-refractivity contribution in [2.75, 3.05) is 13.2 Å². The van der Waals surface area contributed by atoms with E-state index in [1.54, 1.807) is 11.3 Å². The van der Waals surface area contributed by atoms with Crippen molar-refractivity contribution in [3.63, 3.8) is 0 Å². The molecule has 30 heavy (non-hydrogen) atoms. The molecule has 0 aliphatic heterocycles. The average molecular weight is 430 g/mol. The van der Waals surface area contributed by atoms with E-state index in [4.69, 9.17) is 14.6 Å². The van der Waals surface area contributed by atoms with Crippen LogP contribution in [0, 0.1) is 32.1 Å². The van der Waals surface area contributed by atoms with Crippen LogP contribution in [0.1, 0.15) is 58.9 Å². The highest BCUT2D eigenvalue weighted by Crippen LogP contribution is 2.72. The first-order chi connectivity index (χ1) is 14.2. The van der Waals surface area contributed by atoms with Gasteiger partial charge in [0.2, 0.25) is 0 Å². The molecule has 1 fully saturated rings. The molecular weight excluding hydrogens is 398 g/mol. The number of carbonyl (C=O) groups excluding carboxylic acids is 1. The molecule has 162 valence electrons. The Balaban J connectivity index is 1.36. The van der Waals surface area contributed by atoms with Crippen molar-refractivity contribution in [1.29, 1.82) is 0 Å². The van der Waals surface area contributed by atoms with Gasteiger partial charge in [-0.15, -0.1) is 11.3 Å². The molecule has 2 atom stereocenters. The molecule has 2 aliphatic rings. The third kappa shape index (κ3) is 3.71. The maximum atomic E-state index is 12.5. The van der Waals surface area contributed by atoms with E-state index >= 15 is 0 Å². The average Bonchev–Trinajstić information content (AvgIpc) is 3.00. The van der Waals surface area contributed by atoms with Crippen LogP contribution in [0.3, 0.4) is 0 Å². The largest absolute Gasteiger partial charge is 0.493 e. The molecule has 1 amide bonds. The van der Waals surface area contributed by atoms with Crippen LogP contribution in [0.4, 0.5) is 4.79 Å². The van der Waals surface area contributed by atoms with Gasteiger partial charge in [-0.25, -0.2) is 4.79 Å². The minimum Gasteiger partial charge on any atom is -0.493 e. The van der Waals surface area contributed by atoms with E-state index in [0.717, 1.165) is 33.9 Å². The summed E-state index contributed by atoms with van der Waals surface area (Å²) in [4.78, 5) is 13.7. The minimum atomic E-state index is -0.405. The highest BCUT2D eigenvalue weighted by Gasteiger charge is 2.63. The zero-order valence-electron chi connectivity index (χ0n) is 18.4. The summed E-state index contributed by atoms with van der Waals surface area (Å²) in [5, 5.41) is 12.6. The summed E-state index contributed by atoms with van der Waals surface area (Å²) in [6.45, 7) is 11.8. The number of aliphatic hydroxyl groups excluding tert-OH is 1. The van der Waals surface area contributed by atoms with Crippen LogP contribution in [-0.2, 0) is 13.0 Å². The predicted molar refractivity (Wildman–Crippen MR) is 119 cm³/mol. The number of fused-ring (bicyclic) bond motifs is 3. The quantitative estimate of drug-likeness (QED) is 0.607. The zero-order chi connectivity index (χ0) is 21.6. The van der Waals surface area contributed by atoms with E-state index in [2.05, 4.69) is 26.1 Å². The fourth-order valence-electron chi connectivity index (χ4n) is 5.08. The van der Waals surface area contributed by atoms with Crippen LogP contribution in [0.15, 0.2) is 12.1 Å². The summed E-state index contributed by atoms with van der Waals surface area (Å²) in [7, 11) is 0. The van der Waals surface area contributed by atoms with E-state index in [0.29, 0.717) is 36.8 Å². The maximum Gasteiger partial charge on any atom is 0.413 e. The fourth-order valence-corrected chi connectivity index (χ4v) is 6.15. The molecule has 0 saturated heterocycles. The number of rotatable bonds is 7. The molecular formula is C24H31NO4S. The number of nitrogens with one attached hydrogen (secondary N) is 1. The number of aryl methyl sites for hydroxylation is 3. The Morgan fingerprint density at radius 2 is 1.97 bits per heavy atom. The number of hydrogen-bond donors (Lipinski definition) is 2. The Hall–Kier alpha value is -2.05. The number of ether oxygens (including phenoxy) is 2. The SMILES string of the molecule is Cc1cc(CNC(=O)Oc2sc(C)c3c2C[C@@H]2[C@H]3C2(C)C)cc(C)c1OCCCO. The lowest BCUT2D eigenvalue weighted by atomic mass is 9.96. The Labute approximate surface area is 182 Å². The molecule has 0 unspecified atom stereocenters. The first kappa shape index (κ1) is 21.2. The number of hydrogen-bond acceptors (Lipinski definition) is 5. The van der Waals surface area contributed by atoms with Crippen molar-refractivity contribution in [3.8, 4) is 10.8 Å². The third-order valence-corrected chi connectivity index (χ3v) is 7.71. The summed E-state index contributed by atoms with van der Waals surface area (Å²) in [6, 6.07) is 4.04. The smallest absolute Gasteiger partial charge is 0.413 e. The van der Waals surface area contributed by atoms with E-state index in [1.165, 1.54) is 16.0 Å². The van der Waals surface area contributed by atoms with Gasteiger partial charge in [0.25, 0.3) is 0 Å². The lowest BCUT2D eigenvalue weighted by molar-refractivity contribution is 0.201. The van der Waals surface area contributed by atoms with Crippen molar-refractivity contribution in [2.45, 2.75) is 59.9 Å². The summed E-state index contributed by atoms with van der Waals surface area (Å²) >= 11 is 1.60. The lowest BCUT2D eigenvalue weighted by Crippen LogP contribution is -2.26. The minimum absolute atomic E-state index is 0.119. The van der Waals surface area contributed by atoms with Gasteiger partial charge in [-0.05, 0) is 66.7 Å². The Morgan fingerprint density at radius 1 is 1.27 bits per heavy atom. The van der Waals surface area contributed by atoms with Crippen LogP contribution in [-0.4, -0.2) is 24.4 Å². The molecule has 0 bridgehead atoms. The second-order valence-electron chi connectivity index (χ2n) is 9.18. The van der Waals surface area contributed by atoms with Gasteiger partial charge in [0.15, 0.2) is 5.06 Å². The van der Waals surface area contributed by atoms with Gasteiger partial charge in [0.1, 0.15) is 5.75 Å². The van der Waals surface area contributed by atoms with Gasteiger partial charge in [-0.3, -0.25) is 0 Å². The molecule has 1 saturated carbocycles. The van der Waals surface area contributed by atoms with Crippen molar-refractivity contribution in [3.05, 3.63) is 44.8 Å². The predicted octanol–water partition coefficient (Wildman–Crippen LogP) is 5.02. The zero-order valence-corrected chi connectivity index (χ0v) is 19.2. The summed E-state index contributed by atoms with van der Waals surface area (Å²) < 4.78 is 11.5. The van der Waals surface area contributed by atoms with E-state index < -0.39 is 6.09 Å². The van der Waals surface area contributed by atoms with Gasteiger partial charge in [-0.2, -0.15) is 0 Å². The second-order valence-corrected chi connectivity index (χ2v) is 10.4. The van der Waals surface area contributed by atoms with E-state index in [-0.39, 0.29) is 6.61 Å². The van der Waals surface area contributed by atoms with Crippen LogP contribution in [0.2, 0.25) is 0 Å². The fraction of sp³-hybridized carbons (Fsp3) is 0.542. The van der Waals surface area contributed by atoms with Crippen LogP contribution in [0.25, 0.3) is 0 Å². The van der Waals surface area contributed by atoms with Crippen molar-refractivity contribution >= 4 is 17.4 Å². The van der Waals surface area contributed by atoms with Crippen molar-refractivity contribution < 1.29 is 19.4 Å². The Morgan fingerprint density at radius 3 is 2.63 bits per heavy atom. The topological polar surface area (TPSA) is 67.8 Å². The number of thiophene rings is 1. The van der Waals surface area contributed by atoms with E-state index in [9.17, 15) is 4.79 Å². The highest BCUT2D eigenvalue weighted by atomic mass is 32.1. The molecule has 6 heteroatoms. The molecule has 2 aliphatic carbocycles. The number of amides is 1. The molecule has 1 aromatic carbocycles. The summed E-state index contributed by atoms with van der Waals surface area (Å²) in [5.74, 6) is 2.18. The first-order valence-corrected chi connectivity index (χ1v) is 11.5. The van der Waals surface area contributed by atoms with Gasteiger partial charge in [-0.1, -0.05) is 26.0 Å². The molecule has 4 rings (SSSR count). The molecule has 0 radical (unpaired) electrons. The Bertz CT molecular complexity index is 955. The molecule has 2 aromatic rings.